The van der Waals surface area contributed by atoms with Gasteiger partial charge in [-0.05, 0) is 23.8 Å². The molecule has 4 aromatic rings. The molecular formula is C16H13N7. The van der Waals surface area contributed by atoms with E-state index < -0.39 is 0 Å². The standard InChI is InChI=1S/C16H13N7/c1-2-7-18-14(5-1)23-16-13(10-22-23)15(20-11-21-16)19-9-12-4-3-6-17-8-12/h1-8,10-11H,9H2,(H,19,20,21). The molecule has 4 rings (SSSR count). The first-order valence-corrected chi connectivity index (χ1v) is 7.15. The van der Waals surface area contributed by atoms with Crippen LogP contribution in [0.25, 0.3) is 16.9 Å². The number of pyridine rings is 2. The molecule has 7 heteroatoms. The summed E-state index contributed by atoms with van der Waals surface area (Å²) in [6.07, 6.45) is 8.57. The number of nitrogens with zero attached hydrogens (tertiary/aromatic N) is 6. The summed E-state index contributed by atoms with van der Waals surface area (Å²) >= 11 is 0. The molecule has 1 N–H and O–H groups in total. The molecule has 0 unspecified atom stereocenters. The highest BCUT2D eigenvalue weighted by Gasteiger charge is 2.11. The number of anilines is 1. The molecule has 0 bridgehead atoms. The van der Waals surface area contributed by atoms with Gasteiger partial charge in [0.1, 0.15) is 12.1 Å². The zero-order chi connectivity index (χ0) is 15.5. The molecule has 0 fully saturated rings. The summed E-state index contributed by atoms with van der Waals surface area (Å²) < 4.78 is 1.70. The molecule has 0 aliphatic carbocycles. The Morgan fingerprint density at radius 3 is 2.78 bits per heavy atom. The molecule has 0 atom stereocenters. The minimum atomic E-state index is 0.634. The van der Waals surface area contributed by atoms with Gasteiger partial charge < -0.3 is 5.32 Å². The van der Waals surface area contributed by atoms with Crippen molar-refractivity contribution in [3.8, 4) is 5.82 Å². The first kappa shape index (κ1) is 13.3. The van der Waals surface area contributed by atoms with Crippen LogP contribution in [0.5, 0.6) is 0 Å². The van der Waals surface area contributed by atoms with E-state index in [9.17, 15) is 0 Å². The molecule has 23 heavy (non-hydrogen) atoms. The van der Waals surface area contributed by atoms with E-state index in [1.807, 2.05) is 36.5 Å². The molecule has 0 aliphatic heterocycles. The normalized spacial score (nSPS) is 10.8. The van der Waals surface area contributed by atoms with Crippen LogP contribution in [0.2, 0.25) is 0 Å². The van der Waals surface area contributed by atoms with Gasteiger partial charge in [-0.2, -0.15) is 9.78 Å². The molecule has 4 heterocycles. The highest BCUT2D eigenvalue weighted by molar-refractivity contribution is 5.86. The van der Waals surface area contributed by atoms with Crippen LogP contribution in [0, 0.1) is 0 Å². The van der Waals surface area contributed by atoms with Crippen LogP contribution >= 0.6 is 0 Å². The van der Waals surface area contributed by atoms with Crippen LogP contribution in [0.1, 0.15) is 5.56 Å². The van der Waals surface area contributed by atoms with Crippen LogP contribution in [0.4, 0.5) is 5.82 Å². The Hall–Kier alpha value is -3.35. The van der Waals surface area contributed by atoms with Gasteiger partial charge in [0.25, 0.3) is 0 Å². The predicted octanol–water partition coefficient (Wildman–Crippen LogP) is 2.22. The van der Waals surface area contributed by atoms with Crippen molar-refractivity contribution >= 4 is 16.9 Å². The largest absolute Gasteiger partial charge is 0.365 e. The summed E-state index contributed by atoms with van der Waals surface area (Å²) in [4.78, 5) is 17.1. The van der Waals surface area contributed by atoms with E-state index in [0.29, 0.717) is 12.2 Å². The Kier molecular flexibility index (Phi) is 3.36. The van der Waals surface area contributed by atoms with Gasteiger partial charge in [-0.1, -0.05) is 12.1 Å². The van der Waals surface area contributed by atoms with E-state index >= 15 is 0 Å². The van der Waals surface area contributed by atoms with Gasteiger partial charge in [0, 0.05) is 25.1 Å². The van der Waals surface area contributed by atoms with Crippen molar-refractivity contribution in [2.45, 2.75) is 6.54 Å². The van der Waals surface area contributed by atoms with Gasteiger partial charge in [0.15, 0.2) is 11.5 Å². The van der Waals surface area contributed by atoms with E-state index in [1.54, 1.807) is 23.3 Å². The molecule has 0 aromatic carbocycles. The van der Waals surface area contributed by atoms with E-state index in [2.05, 4.69) is 30.4 Å². The van der Waals surface area contributed by atoms with Crippen LogP contribution in [0.3, 0.4) is 0 Å². The van der Waals surface area contributed by atoms with Crippen molar-refractivity contribution in [3.05, 3.63) is 67.0 Å². The lowest BCUT2D eigenvalue weighted by atomic mass is 10.3. The minimum absolute atomic E-state index is 0.634. The van der Waals surface area contributed by atoms with E-state index in [1.165, 1.54) is 6.33 Å². The maximum atomic E-state index is 4.38. The maximum Gasteiger partial charge on any atom is 0.170 e. The quantitative estimate of drug-likeness (QED) is 0.622. The summed E-state index contributed by atoms with van der Waals surface area (Å²) in [5.41, 5.74) is 1.80. The van der Waals surface area contributed by atoms with E-state index in [-0.39, 0.29) is 0 Å². The van der Waals surface area contributed by atoms with Gasteiger partial charge >= 0.3 is 0 Å². The lowest BCUT2D eigenvalue weighted by Crippen LogP contribution is -2.04. The third-order valence-electron chi connectivity index (χ3n) is 3.41. The molecule has 7 nitrogen and oxygen atoms in total. The number of fused-ring (bicyclic) bond motifs is 1. The average Bonchev–Trinajstić information content (AvgIpc) is 3.06. The van der Waals surface area contributed by atoms with Crippen LogP contribution in [-0.2, 0) is 6.54 Å². The second-order valence-corrected chi connectivity index (χ2v) is 4.92. The number of rotatable bonds is 4. The second-order valence-electron chi connectivity index (χ2n) is 4.92. The minimum Gasteiger partial charge on any atom is -0.365 e. The first-order valence-electron chi connectivity index (χ1n) is 7.15. The molecule has 0 radical (unpaired) electrons. The number of aromatic nitrogens is 6. The molecule has 0 spiro atoms. The molecule has 0 saturated carbocycles. The van der Waals surface area contributed by atoms with Gasteiger partial charge in [0.05, 0.1) is 11.6 Å². The Morgan fingerprint density at radius 2 is 1.96 bits per heavy atom. The SMILES string of the molecule is c1ccc(-n2ncc3c(NCc4cccnc4)ncnc32)nc1. The highest BCUT2D eigenvalue weighted by Crippen LogP contribution is 2.21. The van der Waals surface area contributed by atoms with Gasteiger partial charge in [-0.3, -0.25) is 4.98 Å². The summed E-state index contributed by atoms with van der Waals surface area (Å²) in [5.74, 6) is 1.46. The average molecular weight is 303 g/mol. The molecule has 112 valence electrons. The highest BCUT2D eigenvalue weighted by atomic mass is 15.3. The van der Waals surface area contributed by atoms with Crippen molar-refractivity contribution in [2.75, 3.05) is 5.32 Å². The van der Waals surface area contributed by atoms with E-state index in [0.717, 1.165) is 22.6 Å². The van der Waals surface area contributed by atoms with E-state index in [4.69, 9.17) is 0 Å². The van der Waals surface area contributed by atoms with Gasteiger partial charge in [-0.25, -0.2) is 15.0 Å². The van der Waals surface area contributed by atoms with Crippen molar-refractivity contribution in [1.29, 1.82) is 0 Å². The molecule has 0 aliphatic rings. The molecular weight excluding hydrogens is 290 g/mol. The molecule has 0 saturated heterocycles. The van der Waals surface area contributed by atoms with Crippen LogP contribution < -0.4 is 5.32 Å². The number of hydrogen-bond acceptors (Lipinski definition) is 6. The van der Waals surface area contributed by atoms with Crippen LogP contribution in [0.15, 0.2) is 61.4 Å². The summed E-state index contributed by atoms with van der Waals surface area (Å²) in [5, 5.41) is 8.53. The summed E-state index contributed by atoms with van der Waals surface area (Å²) in [6, 6.07) is 9.59. The van der Waals surface area contributed by atoms with Gasteiger partial charge in [0.2, 0.25) is 0 Å². The zero-order valence-electron chi connectivity index (χ0n) is 12.2. The number of hydrogen-bond donors (Lipinski definition) is 1. The van der Waals surface area contributed by atoms with Gasteiger partial charge in [-0.15, -0.1) is 0 Å². The lowest BCUT2D eigenvalue weighted by molar-refractivity contribution is 0.861. The van der Waals surface area contributed by atoms with Crippen molar-refractivity contribution in [3.63, 3.8) is 0 Å². The van der Waals surface area contributed by atoms with Crippen molar-refractivity contribution in [1.82, 2.24) is 29.7 Å². The predicted molar refractivity (Wildman–Crippen MR) is 86.0 cm³/mol. The Morgan fingerprint density at radius 1 is 0.957 bits per heavy atom. The molecule has 4 aromatic heterocycles. The summed E-state index contributed by atoms with van der Waals surface area (Å²) in [6.45, 7) is 0.634. The first-order chi connectivity index (χ1) is 11.4. The van der Waals surface area contributed by atoms with Crippen molar-refractivity contribution in [2.24, 2.45) is 0 Å². The maximum absolute atomic E-state index is 4.38. The fourth-order valence-electron chi connectivity index (χ4n) is 2.32. The Labute approximate surface area is 132 Å². The Bertz CT molecular complexity index is 919. The smallest absolute Gasteiger partial charge is 0.170 e. The third-order valence-corrected chi connectivity index (χ3v) is 3.41. The fourth-order valence-corrected chi connectivity index (χ4v) is 2.32. The second kappa shape index (κ2) is 5.80. The summed E-state index contributed by atoms with van der Waals surface area (Å²) in [7, 11) is 0. The van der Waals surface area contributed by atoms with Crippen LogP contribution in [-0.4, -0.2) is 29.7 Å². The third kappa shape index (κ3) is 2.59. The lowest BCUT2D eigenvalue weighted by Gasteiger charge is -2.06. The topological polar surface area (TPSA) is 81.4 Å². The van der Waals surface area contributed by atoms with Crippen molar-refractivity contribution < 1.29 is 0 Å². The zero-order valence-corrected chi connectivity index (χ0v) is 12.2. The fraction of sp³-hybridized carbons (Fsp3) is 0.0625. The monoisotopic (exact) mass is 303 g/mol. The molecule has 0 amide bonds. The number of nitrogens with one attached hydrogen (secondary N) is 1. The Balaban J connectivity index is 1.68.